The van der Waals surface area contributed by atoms with Gasteiger partial charge in [-0.25, -0.2) is 4.39 Å². The molecule has 1 aliphatic rings. The minimum absolute atomic E-state index is 0.136. The van der Waals surface area contributed by atoms with Crippen LogP contribution in [0.4, 0.5) is 4.39 Å². The van der Waals surface area contributed by atoms with E-state index >= 15 is 0 Å². The van der Waals surface area contributed by atoms with Crippen LogP contribution in [0.1, 0.15) is 24.4 Å². The van der Waals surface area contributed by atoms with Crippen LogP contribution in [0.2, 0.25) is 0 Å². The third kappa shape index (κ3) is 5.48. The van der Waals surface area contributed by atoms with Crippen molar-refractivity contribution in [1.29, 1.82) is 0 Å². The molecule has 0 bridgehead atoms. The highest BCUT2D eigenvalue weighted by molar-refractivity contribution is 5.79. The molecule has 0 radical (unpaired) electrons. The zero-order chi connectivity index (χ0) is 16.7. The maximum Gasteiger partial charge on any atom is 0.191 e. The number of likely N-dealkylation sites (N-methyl/N-ethyl adjacent to an activating group) is 1. The number of halogens is 1. The number of rotatable bonds is 6. The standard InChI is InChI=1S/C17H27FN4O/c1-19-17(20-11-15-5-4-10-23-15)21-12-16(22(2)3)13-6-8-14(18)9-7-13/h6-9,15-16H,4-5,10-12H2,1-3H3,(H2,19,20,21). The van der Waals surface area contributed by atoms with Gasteiger partial charge in [-0.1, -0.05) is 12.1 Å². The van der Waals surface area contributed by atoms with E-state index in [0.717, 1.165) is 37.5 Å². The highest BCUT2D eigenvalue weighted by atomic mass is 19.1. The van der Waals surface area contributed by atoms with Crippen molar-refractivity contribution in [2.75, 3.05) is 40.8 Å². The third-order valence-corrected chi connectivity index (χ3v) is 4.09. The number of ether oxygens (including phenoxy) is 1. The Bertz CT molecular complexity index is 498. The first kappa shape index (κ1) is 17.7. The fourth-order valence-electron chi connectivity index (χ4n) is 2.71. The SMILES string of the molecule is CN=C(NCC1CCCO1)NCC(c1ccc(F)cc1)N(C)C. The van der Waals surface area contributed by atoms with Gasteiger partial charge in [-0.3, -0.25) is 4.99 Å². The predicted molar refractivity (Wildman–Crippen MR) is 91.2 cm³/mol. The van der Waals surface area contributed by atoms with Crippen LogP contribution < -0.4 is 10.6 Å². The topological polar surface area (TPSA) is 48.9 Å². The zero-order valence-electron chi connectivity index (χ0n) is 14.2. The molecule has 0 spiro atoms. The van der Waals surface area contributed by atoms with E-state index in [1.54, 1.807) is 7.05 Å². The summed E-state index contributed by atoms with van der Waals surface area (Å²) in [6.07, 6.45) is 2.50. The molecule has 0 saturated carbocycles. The fraction of sp³-hybridized carbons (Fsp3) is 0.588. The van der Waals surface area contributed by atoms with Crippen molar-refractivity contribution in [3.05, 3.63) is 35.6 Å². The summed E-state index contributed by atoms with van der Waals surface area (Å²) in [5, 5.41) is 6.64. The normalized spacial score (nSPS) is 19.9. The second-order valence-corrected chi connectivity index (χ2v) is 6.00. The van der Waals surface area contributed by atoms with E-state index in [-0.39, 0.29) is 18.0 Å². The van der Waals surface area contributed by atoms with Gasteiger partial charge in [0.05, 0.1) is 12.1 Å². The van der Waals surface area contributed by atoms with E-state index in [1.165, 1.54) is 12.1 Å². The molecule has 128 valence electrons. The van der Waals surface area contributed by atoms with Crippen LogP contribution in [0, 0.1) is 5.82 Å². The molecule has 0 amide bonds. The van der Waals surface area contributed by atoms with Crippen molar-refractivity contribution in [3.63, 3.8) is 0 Å². The molecule has 2 unspecified atom stereocenters. The molecule has 1 saturated heterocycles. The molecule has 5 nitrogen and oxygen atoms in total. The van der Waals surface area contributed by atoms with E-state index in [4.69, 9.17) is 4.74 Å². The van der Waals surface area contributed by atoms with Gasteiger partial charge >= 0.3 is 0 Å². The second kappa shape index (κ2) is 8.84. The quantitative estimate of drug-likeness (QED) is 0.619. The molecule has 1 fully saturated rings. The van der Waals surface area contributed by atoms with Gasteiger partial charge in [0.1, 0.15) is 5.82 Å². The minimum atomic E-state index is -0.215. The summed E-state index contributed by atoms with van der Waals surface area (Å²) in [5.41, 5.74) is 1.07. The molecule has 1 aromatic carbocycles. The number of guanidine groups is 1. The van der Waals surface area contributed by atoms with Gasteiger partial charge in [0.2, 0.25) is 0 Å². The molecule has 6 heteroatoms. The van der Waals surface area contributed by atoms with E-state index < -0.39 is 0 Å². The van der Waals surface area contributed by atoms with Gasteiger partial charge in [-0.15, -0.1) is 0 Å². The Morgan fingerprint density at radius 2 is 2.09 bits per heavy atom. The molecule has 2 atom stereocenters. The van der Waals surface area contributed by atoms with Crippen molar-refractivity contribution in [2.24, 2.45) is 4.99 Å². The molecule has 1 aliphatic heterocycles. The summed E-state index contributed by atoms with van der Waals surface area (Å²) in [7, 11) is 5.78. The van der Waals surface area contributed by atoms with Crippen LogP contribution in [0.5, 0.6) is 0 Å². The van der Waals surface area contributed by atoms with Gasteiger partial charge < -0.3 is 20.3 Å². The fourth-order valence-corrected chi connectivity index (χ4v) is 2.71. The number of nitrogens with zero attached hydrogens (tertiary/aromatic N) is 2. The maximum absolute atomic E-state index is 13.1. The first-order chi connectivity index (χ1) is 11.1. The lowest BCUT2D eigenvalue weighted by atomic mass is 10.1. The van der Waals surface area contributed by atoms with Gasteiger partial charge in [0.15, 0.2) is 5.96 Å². The van der Waals surface area contributed by atoms with Crippen molar-refractivity contribution >= 4 is 5.96 Å². The number of hydrogen-bond acceptors (Lipinski definition) is 3. The van der Waals surface area contributed by atoms with Crippen molar-refractivity contribution in [3.8, 4) is 0 Å². The number of aliphatic imine (C=N–C) groups is 1. The summed E-state index contributed by atoms with van der Waals surface area (Å²) in [6, 6.07) is 6.78. The molecule has 0 aliphatic carbocycles. The molecular formula is C17H27FN4O. The lowest BCUT2D eigenvalue weighted by Gasteiger charge is -2.26. The van der Waals surface area contributed by atoms with Crippen molar-refractivity contribution < 1.29 is 9.13 Å². The Morgan fingerprint density at radius 3 is 2.65 bits per heavy atom. The predicted octanol–water partition coefficient (Wildman–Crippen LogP) is 1.77. The van der Waals surface area contributed by atoms with Crippen molar-refractivity contribution in [1.82, 2.24) is 15.5 Å². The molecule has 1 aromatic rings. The van der Waals surface area contributed by atoms with Crippen LogP contribution in [-0.4, -0.2) is 57.8 Å². The van der Waals surface area contributed by atoms with Gasteiger partial charge in [0, 0.05) is 26.7 Å². The summed E-state index contributed by atoms with van der Waals surface area (Å²) in [6.45, 7) is 2.30. The van der Waals surface area contributed by atoms with Gasteiger partial charge in [0.25, 0.3) is 0 Å². The van der Waals surface area contributed by atoms with Crippen LogP contribution in [0.3, 0.4) is 0 Å². The Morgan fingerprint density at radius 1 is 1.35 bits per heavy atom. The second-order valence-electron chi connectivity index (χ2n) is 6.00. The van der Waals surface area contributed by atoms with Crippen molar-refractivity contribution in [2.45, 2.75) is 25.0 Å². The Balaban J connectivity index is 1.87. The molecule has 2 N–H and O–H groups in total. The van der Waals surface area contributed by atoms with Gasteiger partial charge in [-0.2, -0.15) is 0 Å². The molecule has 23 heavy (non-hydrogen) atoms. The summed E-state index contributed by atoms with van der Waals surface area (Å²) < 4.78 is 18.7. The third-order valence-electron chi connectivity index (χ3n) is 4.09. The average Bonchev–Trinajstić information content (AvgIpc) is 3.05. The minimum Gasteiger partial charge on any atom is -0.376 e. The van der Waals surface area contributed by atoms with E-state index in [1.807, 2.05) is 26.2 Å². The first-order valence-corrected chi connectivity index (χ1v) is 8.08. The molecule has 2 rings (SSSR count). The number of benzene rings is 1. The summed E-state index contributed by atoms with van der Waals surface area (Å²) in [5.74, 6) is 0.544. The largest absolute Gasteiger partial charge is 0.376 e. The van der Waals surface area contributed by atoms with Crippen LogP contribution >= 0.6 is 0 Å². The maximum atomic E-state index is 13.1. The average molecular weight is 322 g/mol. The monoisotopic (exact) mass is 322 g/mol. The van der Waals surface area contributed by atoms with E-state index in [2.05, 4.69) is 20.5 Å². The molecule has 1 heterocycles. The Labute approximate surface area is 137 Å². The van der Waals surface area contributed by atoms with Gasteiger partial charge in [-0.05, 0) is 44.6 Å². The highest BCUT2D eigenvalue weighted by Gasteiger charge is 2.17. The lowest BCUT2D eigenvalue weighted by Crippen LogP contribution is -2.44. The van der Waals surface area contributed by atoms with Crippen LogP contribution in [0.25, 0.3) is 0 Å². The summed E-state index contributed by atoms with van der Waals surface area (Å²) in [4.78, 5) is 6.35. The number of nitrogens with one attached hydrogen (secondary N) is 2. The smallest absolute Gasteiger partial charge is 0.191 e. The number of hydrogen-bond donors (Lipinski definition) is 2. The zero-order valence-corrected chi connectivity index (χ0v) is 14.2. The highest BCUT2D eigenvalue weighted by Crippen LogP contribution is 2.17. The van der Waals surface area contributed by atoms with Crippen LogP contribution in [-0.2, 0) is 4.74 Å². The molecule has 0 aromatic heterocycles. The molecular weight excluding hydrogens is 295 g/mol. The van der Waals surface area contributed by atoms with E-state index in [0.29, 0.717) is 6.54 Å². The Hall–Kier alpha value is -1.66. The first-order valence-electron chi connectivity index (χ1n) is 8.08. The van der Waals surface area contributed by atoms with Crippen LogP contribution in [0.15, 0.2) is 29.3 Å². The summed E-state index contributed by atoms with van der Waals surface area (Å²) >= 11 is 0. The lowest BCUT2D eigenvalue weighted by molar-refractivity contribution is 0.113. The van der Waals surface area contributed by atoms with E-state index in [9.17, 15) is 4.39 Å². The Kier molecular flexibility index (Phi) is 6.80.